The molecule has 0 bridgehead atoms. The third-order valence-corrected chi connectivity index (χ3v) is 9.60. The first-order valence-electron chi connectivity index (χ1n) is 23.6. The minimum atomic E-state index is -0.816. The number of carbonyl (C=O) groups is 3. The molecule has 0 amide bonds. The van der Waals surface area contributed by atoms with Gasteiger partial charge in [-0.1, -0.05) is 170 Å². The van der Waals surface area contributed by atoms with Crippen molar-refractivity contribution in [2.45, 2.75) is 213 Å². The summed E-state index contributed by atoms with van der Waals surface area (Å²) < 4.78 is 16.6. The van der Waals surface area contributed by atoms with Crippen molar-refractivity contribution in [1.29, 1.82) is 0 Å². The van der Waals surface area contributed by atoms with Crippen LogP contribution in [0.5, 0.6) is 0 Å². The fourth-order valence-corrected chi connectivity index (χ4v) is 6.06. The van der Waals surface area contributed by atoms with E-state index in [9.17, 15) is 14.4 Å². The topological polar surface area (TPSA) is 78.9 Å². The largest absolute Gasteiger partial charge is 0.462 e. The van der Waals surface area contributed by atoms with Gasteiger partial charge >= 0.3 is 17.9 Å². The van der Waals surface area contributed by atoms with Crippen LogP contribution in [0.4, 0.5) is 0 Å². The number of unbranched alkanes of at least 4 members (excludes halogenated alkanes) is 16. The zero-order valence-corrected chi connectivity index (χ0v) is 37.5. The standard InChI is InChI=1S/C52H86O6/c1-4-7-10-13-16-19-21-23-25-26-27-29-30-33-36-39-42-45-51(54)57-48-49(47-56-50(53)44-41-38-35-32-18-15-12-9-6-3)58-52(55)46-43-40-37-34-31-28-24-22-20-17-14-11-8-5-2/h7,10,16,19,23,25,27-29,31-33,35-36,49H,4-6,8-9,11-15,17-18,20-22,24,26,30,34,37-48H2,1-3H3/b10-7-,19-16-,25-23-,29-27-,31-28-,35-32-,36-33-. The quantitative estimate of drug-likeness (QED) is 0.0265. The highest BCUT2D eigenvalue weighted by atomic mass is 16.6. The van der Waals surface area contributed by atoms with Gasteiger partial charge in [0.15, 0.2) is 6.10 Å². The first-order valence-corrected chi connectivity index (χ1v) is 23.6. The summed E-state index contributed by atoms with van der Waals surface area (Å²) in [7, 11) is 0. The SMILES string of the molecule is CC/C=C\C/C=C\C/C=C\C/C=C\C/C=C\CCCC(=O)OCC(COC(=O)CCC/C=C\CCCCCC)OC(=O)CCCCC/C=C\CCCCCCCCC. The monoisotopic (exact) mass is 807 g/mol. The highest BCUT2D eigenvalue weighted by molar-refractivity contribution is 5.71. The van der Waals surface area contributed by atoms with E-state index in [1.165, 1.54) is 70.6 Å². The maximum Gasteiger partial charge on any atom is 0.306 e. The lowest BCUT2D eigenvalue weighted by Gasteiger charge is -2.18. The van der Waals surface area contributed by atoms with Gasteiger partial charge in [-0.15, -0.1) is 0 Å². The van der Waals surface area contributed by atoms with E-state index in [0.29, 0.717) is 19.3 Å². The minimum Gasteiger partial charge on any atom is -0.462 e. The summed E-state index contributed by atoms with van der Waals surface area (Å²) in [5.41, 5.74) is 0. The molecule has 1 unspecified atom stereocenters. The van der Waals surface area contributed by atoms with E-state index < -0.39 is 6.10 Å². The molecule has 0 radical (unpaired) electrons. The van der Waals surface area contributed by atoms with Crippen LogP contribution in [-0.2, 0) is 28.6 Å². The van der Waals surface area contributed by atoms with Gasteiger partial charge in [-0.2, -0.15) is 0 Å². The molecule has 0 rings (SSSR count). The molecule has 0 saturated carbocycles. The summed E-state index contributed by atoms with van der Waals surface area (Å²) in [5, 5.41) is 0. The minimum absolute atomic E-state index is 0.116. The summed E-state index contributed by atoms with van der Waals surface area (Å²) in [6.45, 7) is 6.37. The maximum absolute atomic E-state index is 12.7. The number of ether oxygens (including phenoxy) is 3. The van der Waals surface area contributed by atoms with Gasteiger partial charge in [0, 0.05) is 19.3 Å². The number of rotatable bonds is 41. The second kappa shape index (κ2) is 46.3. The average Bonchev–Trinajstić information content (AvgIpc) is 3.22. The fraction of sp³-hybridized carbons (Fsp3) is 0.673. The van der Waals surface area contributed by atoms with Gasteiger partial charge in [0.2, 0.25) is 0 Å². The molecule has 0 fully saturated rings. The number of allylic oxidation sites excluding steroid dienone is 14. The zero-order chi connectivity index (χ0) is 42.3. The van der Waals surface area contributed by atoms with Crippen LogP contribution in [0.3, 0.4) is 0 Å². The van der Waals surface area contributed by atoms with E-state index in [1.807, 2.05) is 0 Å². The van der Waals surface area contributed by atoms with E-state index in [2.05, 4.69) is 106 Å². The van der Waals surface area contributed by atoms with Gasteiger partial charge in [0.05, 0.1) is 0 Å². The molecule has 6 heteroatoms. The zero-order valence-electron chi connectivity index (χ0n) is 37.5. The Morgan fingerprint density at radius 2 is 0.690 bits per heavy atom. The molecule has 0 aromatic heterocycles. The molecule has 330 valence electrons. The third kappa shape index (κ3) is 43.7. The third-order valence-electron chi connectivity index (χ3n) is 9.60. The van der Waals surface area contributed by atoms with Crippen molar-refractivity contribution in [3.63, 3.8) is 0 Å². The Morgan fingerprint density at radius 1 is 0.362 bits per heavy atom. The van der Waals surface area contributed by atoms with Gasteiger partial charge in [-0.25, -0.2) is 0 Å². The highest BCUT2D eigenvalue weighted by Crippen LogP contribution is 2.12. The maximum atomic E-state index is 12.7. The summed E-state index contributed by atoms with van der Waals surface area (Å²) in [5.74, 6) is -1.03. The van der Waals surface area contributed by atoms with Crippen LogP contribution in [0.1, 0.15) is 207 Å². The predicted molar refractivity (Wildman–Crippen MR) is 247 cm³/mol. The van der Waals surface area contributed by atoms with Crippen LogP contribution >= 0.6 is 0 Å². The molecular weight excluding hydrogens is 721 g/mol. The van der Waals surface area contributed by atoms with E-state index in [4.69, 9.17) is 14.2 Å². The van der Waals surface area contributed by atoms with E-state index >= 15 is 0 Å². The number of esters is 3. The molecule has 0 aliphatic carbocycles. The first-order chi connectivity index (χ1) is 28.5. The summed E-state index contributed by atoms with van der Waals surface area (Å²) in [6, 6.07) is 0. The van der Waals surface area contributed by atoms with Crippen molar-refractivity contribution < 1.29 is 28.6 Å². The van der Waals surface area contributed by atoms with Crippen LogP contribution in [0, 0.1) is 0 Å². The Kier molecular flexibility index (Phi) is 43.6. The van der Waals surface area contributed by atoms with Crippen molar-refractivity contribution in [2.24, 2.45) is 0 Å². The summed E-state index contributed by atoms with van der Waals surface area (Å²) >= 11 is 0. The Hall–Kier alpha value is -3.41. The Morgan fingerprint density at radius 3 is 1.14 bits per heavy atom. The first kappa shape index (κ1) is 54.6. The lowest BCUT2D eigenvalue weighted by atomic mass is 10.1. The van der Waals surface area contributed by atoms with Crippen LogP contribution in [0.25, 0.3) is 0 Å². The number of hydrogen-bond acceptors (Lipinski definition) is 6. The molecule has 0 aliphatic heterocycles. The molecule has 0 heterocycles. The van der Waals surface area contributed by atoms with Crippen LogP contribution < -0.4 is 0 Å². The Balaban J connectivity index is 4.50. The van der Waals surface area contributed by atoms with Crippen LogP contribution in [0.2, 0.25) is 0 Å². The van der Waals surface area contributed by atoms with Gasteiger partial charge in [-0.3, -0.25) is 14.4 Å². The number of carbonyl (C=O) groups excluding carboxylic acids is 3. The van der Waals surface area contributed by atoms with Crippen LogP contribution in [0.15, 0.2) is 85.1 Å². The van der Waals surface area contributed by atoms with E-state index in [-0.39, 0.29) is 44.0 Å². The number of hydrogen-bond donors (Lipinski definition) is 0. The molecule has 58 heavy (non-hydrogen) atoms. The van der Waals surface area contributed by atoms with Gasteiger partial charge in [-0.05, 0) is 103 Å². The summed E-state index contributed by atoms with van der Waals surface area (Å²) in [4.78, 5) is 37.7. The highest BCUT2D eigenvalue weighted by Gasteiger charge is 2.19. The second-order valence-electron chi connectivity index (χ2n) is 15.3. The molecule has 0 aromatic carbocycles. The molecule has 6 nitrogen and oxygen atoms in total. The molecule has 0 saturated heterocycles. The smallest absolute Gasteiger partial charge is 0.306 e. The van der Waals surface area contributed by atoms with Gasteiger partial charge in [0.25, 0.3) is 0 Å². The average molecular weight is 807 g/mol. The molecule has 0 spiro atoms. The van der Waals surface area contributed by atoms with Gasteiger partial charge in [0.1, 0.15) is 13.2 Å². The van der Waals surface area contributed by atoms with Crippen LogP contribution in [-0.4, -0.2) is 37.2 Å². The Bertz CT molecular complexity index is 1160. The fourth-order valence-electron chi connectivity index (χ4n) is 6.06. The van der Waals surface area contributed by atoms with Gasteiger partial charge < -0.3 is 14.2 Å². The van der Waals surface area contributed by atoms with E-state index in [0.717, 1.165) is 83.5 Å². The Labute approximate surface area is 356 Å². The van der Waals surface area contributed by atoms with Crippen molar-refractivity contribution in [2.75, 3.05) is 13.2 Å². The predicted octanol–water partition coefficient (Wildman–Crippen LogP) is 15.3. The molecule has 0 N–H and O–H groups in total. The molecule has 0 aromatic rings. The molecular formula is C52H86O6. The van der Waals surface area contributed by atoms with E-state index in [1.54, 1.807) is 0 Å². The van der Waals surface area contributed by atoms with Crippen molar-refractivity contribution in [3.8, 4) is 0 Å². The molecule has 0 aliphatic rings. The van der Waals surface area contributed by atoms with Crippen molar-refractivity contribution in [3.05, 3.63) is 85.1 Å². The normalized spacial score (nSPS) is 12.8. The second-order valence-corrected chi connectivity index (χ2v) is 15.3. The molecule has 1 atom stereocenters. The lowest BCUT2D eigenvalue weighted by molar-refractivity contribution is -0.167. The van der Waals surface area contributed by atoms with Crippen molar-refractivity contribution in [1.82, 2.24) is 0 Å². The summed E-state index contributed by atoms with van der Waals surface area (Å²) in [6.07, 6.45) is 58.7. The van der Waals surface area contributed by atoms with Crippen molar-refractivity contribution >= 4 is 17.9 Å². The lowest BCUT2D eigenvalue weighted by Crippen LogP contribution is -2.30.